The highest BCUT2D eigenvalue weighted by Gasteiger charge is 2.25. The van der Waals surface area contributed by atoms with E-state index < -0.39 is 24.0 Å². The predicted octanol–water partition coefficient (Wildman–Crippen LogP) is 3.04. The molecule has 2 atom stereocenters. The van der Waals surface area contributed by atoms with Gasteiger partial charge < -0.3 is 15.7 Å². The van der Waals surface area contributed by atoms with E-state index in [0.29, 0.717) is 5.56 Å². The molecule has 0 spiro atoms. The van der Waals surface area contributed by atoms with Gasteiger partial charge in [-0.3, -0.25) is 14.8 Å². The van der Waals surface area contributed by atoms with Gasteiger partial charge in [-0.2, -0.15) is 0 Å². The summed E-state index contributed by atoms with van der Waals surface area (Å²) in [6.45, 7) is 3.04. The fourth-order valence-electron chi connectivity index (χ4n) is 3.36. The van der Waals surface area contributed by atoms with Crippen LogP contribution in [0.2, 0.25) is 0 Å². The molecule has 0 saturated heterocycles. The standard InChI is InChI=1S/C28H29N3O4.CH4/c1-20(32)26(28(34)31-35)30-27(33)25-15-13-23(14-16-25)8-7-22-9-11-24(12-10-22)19-29-18-17-21-5-3-2-4-6-21;/h2-6,9-16,20,26,29,32,35H,17-19H2,1H3,(H,30,33)(H,31,34);1H4/t20-,26+;/m1./s1. The fraction of sp³-hybridized carbons (Fsp3) is 0.241. The maximum atomic E-state index is 12.3. The number of benzene rings is 3. The minimum absolute atomic E-state index is 0. The third-order valence-electron chi connectivity index (χ3n) is 5.38. The van der Waals surface area contributed by atoms with E-state index in [9.17, 15) is 14.7 Å². The second-order valence-corrected chi connectivity index (χ2v) is 8.10. The molecule has 2 amide bonds. The number of amides is 2. The quantitative estimate of drug-likeness (QED) is 0.138. The summed E-state index contributed by atoms with van der Waals surface area (Å²) in [6.07, 6.45) is -0.183. The van der Waals surface area contributed by atoms with Crippen LogP contribution in [0.25, 0.3) is 0 Å². The van der Waals surface area contributed by atoms with Crippen LogP contribution >= 0.6 is 0 Å². The number of hydroxylamine groups is 1. The number of nitrogens with one attached hydrogen (secondary N) is 3. The van der Waals surface area contributed by atoms with E-state index in [0.717, 1.165) is 30.6 Å². The third kappa shape index (κ3) is 8.67. The number of carbonyl (C=O) groups excluding carboxylic acids is 2. The van der Waals surface area contributed by atoms with E-state index in [-0.39, 0.29) is 7.43 Å². The summed E-state index contributed by atoms with van der Waals surface area (Å²) in [5, 5.41) is 24.2. The van der Waals surface area contributed by atoms with Crippen LogP contribution in [0.4, 0.5) is 0 Å². The first-order chi connectivity index (χ1) is 17.0. The van der Waals surface area contributed by atoms with Gasteiger partial charge in [0.15, 0.2) is 0 Å². The van der Waals surface area contributed by atoms with Crippen LogP contribution < -0.4 is 16.1 Å². The lowest BCUT2D eigenvalue weighted by molar-refractivity contribution is -0.133. The topological polar surface area (TPSA) is 111 Å². The number of rotatable bonds is 9. The molecule has 0 bridgehead atoms. The molecule has 0 aliphatic rings. The van der Waals surface area contributed by atoms with Crippen molar-refractivity contribution in [3.63, 3.8) is 0 Å². The molecule has 0 aliphatic carbocycles. The molecule has 3 aromatic carbocycles. The molecule has 3 rings (SSSR count). The Morgan fingerprint density at radius 2 is 1.44 bits per heavy atom. The molecule has 0 radical (unpaired) electrons. The van der Waals surface area contributed by atoms with E-state index in [1.807, 2.05) is 30.3 Å². The molecule has 0 unspecified atom stereocenters. The van der Waals surface area contributed by atoms with Gasteiger partial charge in [0.2, 0.25) is 0 Å². The normalized spacial score (nSPS) is 11.8. The molecule has 7 heteroatoms. The summed E-state index contributed by atoms with van der Waals surface area (Å²) in [5.41, 5.74) is 5.85. The van der Waals surface area contributed by atoms with Crippen LogP contribution in [0.3, 0.4) is 0 Å². The summed E-state index contributed by atoms with van der Waals surface area (Å²) < 4.78 is 0. The Balaban J connectivity index is 0.00000456. The molecule has 5 N–H and O–H groups in total. The van der Waals surface area contributed by atoms with Crippen molar-refractivity contribution in [2.75, 3.05) is 6.54 Å². The van der Waals surface area contributed by atoms with Gasteiger partial charge in [0.25, 0.3) is 11.8 Å². The lowest BCUT2D eigenvalue weighted by Crippen LogP contribution is -2.51. The average molecular weight is 488 g/mol. The van der Waals surface area contributed by atoms with Gasteiger partial charge in [-0.05, 0) is 67.4 Å². The Labute approximate surface area is 212 Å². The van der Waals surface area contributed by atoms with Crippen molar-refractivity contribution < 1.29 is 19.9 Å². The van der Waals surface area contributed by atoms with Gasteiger partial charge in [-0.1, -0.05) is 61.7 Å². The van der Waals surface area contributed by atoms with Crippen molar-refractivity contribution in [3.8, 4) is 11.8 Å². The Morgan fingerprint density at radius 1 is 0.861 bits per heavy atom. The molecule has 0 fully saturated rings. The largest absolute Gasteiger partial charge is 0.391 e. The fourth-order valence-corrected chi connectivity index (χ4v) is 3.36. The Kier molecular flexibility index (Phi) is 11.3. The molecular weight excluding hydrogens is 454 g/mol. The smallest absolute Gasteiger partial charge is 0.268 e. The Morgan fingerprint density at radius 3 is 2.00 bits per heavy atom. The zero-order valence-corrected chi connectivity index (χ0v) is 19.5. The molecule has 7 nitrogen and oxygen atoms in total. The van der Waals surface area contributed by atoms with E-state index in [1.165, 1.54) is 23.5 Å². The molecular formula is C29H33N3O4. The monoisotopic (exact) mass is 487 g/mol. The summed E-state index contributed by atoms with van der Waals surface area (Å²) >= 11 is 0. The highest BCUT2D eigenvalue weighted by molar-refractivity contribution is 5.97. The number of aliphatic hydroxyl groups is 1. The molecule has 0 saturated carbocycles. The van der Waals surface area contributed by atoms with Gasteiger partial charge in [-0.25, -0.2) is 5.48 Å². The first-order valence-electron chi connectivity index (χ1n) is 11.3. The van der Waals surface area contributed by atoms with Crippen LogP contribution in [0.5, 0.6) is 0 Å². The first kappa shape index (κ1) is 28.3. The second kappa shape index (κ2) is 14.4. The second-order valence-electron chi connectivity index (χ2n) is 8.10. The maximum Gasteiger partial charge on any atom is 0.268 e. The molecule has 188 valence electrons. The zero-order valence-electron chi connectivity index (χ0n) is 19.5. The van der Waals surface area contributed by atoms with Crippen molar-refractivity contribution in [2.45, 2.75) is 39.5 Å². The first-order valence-corrected chi connectivity index (χ1v) is 11.3. The molecule has 0 heterocycles. The summed E-state index contributed by atoms with van der Waals surface area (Å²) in [5.74, 6) is 4.73. The lowest BCUT2D eigenvalue weighted by Gasteiger charge is -2.19. The number of aliphatic hydroxyl groups excluding tert-OH is 1. The number of hydrogen-bond acceptors (Lipinski definition) is 5. The van der Waals surface area contributed by atoms with Gasteiger partial charge in [-0.15, -0.1) is 0 Å². The number of carbonyl (C=O) groups is 2. The summed E-state index contributed by atoms with van der Waals surface area (Å²) in [7, 11) is 0. The average Bonchev–Trinajstić information content (AvgIpc) is 2.89. The highest BCUT2D eigenvalue weighted by Crippen LogP contribution is 2.07. The van der Waals surface area contributed by atoms with Crippen molar-refractivity contribution in [2.24, 2.45) is 0 Å². The van der Waals surface area contributed by atoms with E-state index in [4.69, 9.17) is 5.21 Å². The predicted molar refractivity (Wildman–Crippen MR) is 140 cm³/mol. The van der Waals surface area contributed by atoms with Crippen molar-refractivity contribution in [1.82, 2.24) is 16.1 Å². The summed E-state index contributed by atoms with van der Waals surface area (Å²) in [6, 6.07) is 23.7. The van der Waals surface area contributed by atoms with Crippen LogP contribution in [-0.2, 0) is 17.8 Å². The lowest BCUT2D eigenvalue weighted by atomic mass is 10.1. The molecule has 3 aromatic rings. The Bertz CT molecular complexity index is 1170. The Hall–Kier alpha value is -3.96. The SMILES string of the molecule is C.C[C@@H](O)[C@H](NC(=O)c1ccc(C#Cc2ccc(CNCCc3ccccc3)cc2)cc1)C(=O)NO. The van der Waals surface area contributed by atoms with Crippen LogP contribution in [0.15, 0.2) is 78.9 Å². The van der Waals surface area contributed by atoms with Gasteiger partial charge >= 0.3 is 0 Å². The number of hydrogen-bond donors (Lipinski definition) is 5. The minimum atomic E-state index is -1.27. The van der Waals surface area contributed by atoms with Gasteiger partial charge in [0, 0.05) is 23.2 Å². The van der Waals surface area contributed by atoms with Crippen molar-refractivity contribution in [3.05, 3.63) is 107 Å². The summed E-state index contributed by atoms with van der Waals surface area (Å²) in [4.78, 5) is 23.9. The van der Waals surface area contributed by atoms with Crippen molar-refractivity contribution in [1.29, 1.82) is 0 Å². The van der Waals surface area contributed by atoms with Crippen LogP contribution in [0, 0.1) is 11.8 Å². The van der Waals surface area contributed by atoms with Crippen LogP contribution in [-0.4, -0.2) is 40.8 Å². The van der Waals surface area contributed by atoms with E-state index in [1.54, 1.807) is 24.3 Å². The third-order valence-corrected chi connectivity index (χ3v) is 5.38. The maximum absolute atomic E-state index is 12.3. The zero-order chi connectivity index (χ0) is 25.0. The molecule has 36 heavy (non-hydrogen) atoms. The van der Waals surface area contributed by atoms with Crippen LogP contribution in [0.1, 0.15) is 47.0 Å². The van der Waals surface area contributed by atoms with Gasteiger partial charge in [0.1, 0.15) is 6.04 Å². The minimum Gasteiger partial charge on any atom is -0.391 e. The molecule has 0 aromatic heterocycles. The highest BCUT2D eigenvalue weighted by atomic mass is 16.5. The molecule has 0 aliphatic heterocycles. The van der Waals surface area contributed by atoms with E-state index >= 15 is 0 Å². The van der Waals surface area contributed by atoms with Gasteiger partial charge in [0.05, 0.1) is 6.10 Å². The van der Waals surface area contributed by atoms with E-state index in [2.05, 4.69) is 46.7 Å². The van der Waals surface area contributed by atoms with Crippen molar-refractivity contribution >= 4 is 11.8 Å².